The van der Waals surface area contributed by atoms with Crippen molar-refractivity contribution in [2.24, 2.45) is 0 Å². The minimum Gasteiger partial charge on any atom is -0.481 e. The van der Waals surface area contributed by atoms with E-state index in [0.29, 0.717) is 13.0 Å². The van der Waals surface area contributed by atoms with Crippen LogP contribution in [0.5, 0.6) is 0 Å². The topological polar surface area (TPSA) is 57.6 Å². The number of carboxylic acids is 1. The number of benzene rings is 1. The highest BCUT2D eigenvalue weighted by Gasteiger charge is 2.29. The molecule has 1 aliphatic rings. The maximum absolute atomic E-state index is 12.2. The van der Waals surface area contributed by atoms with E-state index >= 15 is 0 Å². The molecule has 1 fully saturated rings. The second kappa shape index (κ2) is 7.28. The van der Waals surface area contributed by atoms with Crippen molar-refractivity contribution in [3.8, 4) is 0 Å². The van der Waals surface area contributed by atoms with E-state index in [1.54, 1.807) is 6.92 Å². The lowest BCUT2D eigenvalue weighted by molar-refractivity contribution is -0.138. The van der Waals surface area contributed by atoms with Gasteiger partial charge >= 0.3 is 5.97 Å². The van der Waals surface area contributed by atoms with Gasteiger partial charge in [0.25, 0.3) is 0 Å². The highest BCUT2D eigenvalue weighted by molar-refractivity contribution is 14.1. The molecule has 21 heavy (non-hydrogen) atoms. The van der Waals surface area contributed by atoms with Crippen LogP contribution in [0.1, 0.15) is 37.7 Å². The fourth-order valence-electron chi connectivity index (χ4n) is 2.40. The Kier molecular flexibility index (Phi) is 6.14. The molecule has 4 nitrogen and oxygen atoms in total. The molecule has 1 aromatic carbocycles. The minimum atomic E-state index is -0.844. The molecule has 2 rings (SSSR count). The van der Waals surface area contributed by atoms with Crippen LogP contribution < -0.4 is 4.90 Å². The lowest BCUT2D eigenvalue weighted by Crippen LogP contribution is -2.36. The van der Waals surface area contributed by atoms with Crippen molar-refractivity contribution in [1.82, 2.24) is 0 Å². The number of piperidine rings is 1. The summed E-state index contributed by atoms with van der Waals surface area (Å²) in [5.74, 6) is -1.30. The molecule has 1 heterocycles. The molecule has 0 aliphatic carbocycles. The number of amides is 1. The third kappa shape index (κ3) is 3.65. The van der Waals surface area contributed by atoms with Crippen molar-refractivity contribution in [2.75, 3.05) is 11.4 Å². The standard InChI is InChI=1S/C14H14I3NO3/c1-7(14(20)21)11-8(15)6-9(16)13(12(11)17)18-5-3-2-4-10(18)19/h6-7H,2-5H2,1H3,(H,20,21). The summed E-state index contributed by atoms with van der Waals surface area (Å²) in [7, 11) is 0. The van der Waals surface area contributed by atoms with Gasteiger partial charge in [-0.1, -0.05) is 0 Å². The molecule has 114 valence electrons. The van der Waals surface area contributed by atoms with Gasteiger partial charge in [-0.25, -0.2) is 0 Å². The van der Waals surface area contributed by atoms with Crippen LogP contribution in [0.15, 0.2) is 6.07 Å². The number of anilines is 1. The smallest absolute Gasteiger partial charge is 0.310 e. The second-order valence-corrected chi connectivity index (χ2v) is 8.38. The number of hydrogen-bond donors (Lipinski definition) is 1. The highest BCUT2D eigenvalue weighted by atomic mass is 127. The predicted molar refractivity (Wildman–Crippen MR) is 107 cm³/mol. The number of carboxylic acid groups (broad SMARTS) is 1. The van der Waals surface area contributed by atoms with Crippen LogP contribution >= 0.6 is 67.8 Å². The molecule has 0 aromatic heterocycles. The Bertz CT molecular complexity index is 604. The molecule has 0 bridgehead atoms. The van der Waals surface area contributed by atoms with E-state index in [1.165, 1.54) is 0 Å². The molecule has 1 atom stereocenters. The van der Waals surface area contributed by atoms with Crippen LogP contribution in [-0.4, -0.2) is 23.5 Å². The number of rotatable bonds is 3. The van der Waals surface area contributed by atoms with Gasteiger partial charge in [0, 0.05) is 23.7 Å². The first-order chi connectivity index (χ1) is 9.84. The summed E-state index contributed by atoms with van der Waals surface area (Å²) < 4.78 is 2.82. The molecule has 0 saturated carbocycles. The average Bonchev–Trinajstić information content (AvgIpc) is 2.40. The zero-order valence-corrected chi connectivity index (χ0v) is 17.8. The molecule has 1 saturated heterocycles. The third-order valence-electron chi connectivity index (χ3n) is 3.58. The van der Waals surface area contributed by atoms with E-state index in [4.69, 9.17) is 0 Å². The van der Waals surface area contributed by atoms with Crippen LogP contribution in [0.2, 0.25) is 0 Å². The molecular formula is C14H14I3NO3. The first kappa shape index (κ1) is 17.7. The van der Waals surface area contributed by atoms with Crippen molar-refractivity contribution in [2.45, 2.75) is 32.1 Å². The third-order valence-corrected chi connectivity index (χ3v) is 6.38. The summed E-state index contributed by atoms with van der Waals surface area (Å²) in [6.45, 7) is 2.41. The summed E-state index contributed by atoms with van der Waals surface area (Å²) >= 11 is 6.59. The van der Waals surface area contributed by atoms with Crippen LogP contribution in [-0.2, 0) is 9.59 Å². The van der Waals surface area contributed by atoms with Crippen LogP contribution in [0, 0.1) is 10.7 Å². The Hall–Kier alpha value is 0.350. The number of carbonyl (C=O) groups is 2. The van der Waals surface area contributed by atoms with Crippen LogP contribution in [0.3, 0.4) is 0 Å². The Morgan fingerprint density at radius 2 is 1.95 bits per heavy atom. The minimum absolute atomic E-state index is 0.132. The van der Waals surface area contributed by atoms with Gasteiger partial charge < -0.3 is 10.0 Å². The van der Waals surface area contributed by atoms with E-state index in [1.807, 2.05) is 11.0 Å². The molecular weight excluding hydrogens is 611 g/mol. The van der Waals surface area contributed by atoms with Crippen molar-refractivity contribution in [3.63, 3.8) is 0 Å². The largest absolute Gasteiger partial charge is 0.481 e. The fraction of sp³-hybridized carbons (Fsp3) is 0.429. The van der Waals surface area contributed by atoms with Gasteiger partial charge in [-0.3, -0.25) is 9.59 Å². The van der Waals surface area contributed by atoms with Crippen LogP contribution in [0.25, 0.3) is 0 Å². The average molecular weight is 625 g/mol. The molecule has 1 N–H and O–H groups in total. The number of halogens is 3. The zero-order chi connectivity index (χ0) is 15.7. The summed E-state index contributed by atoms with van der Waals surface area (Å²) in [6.07, 6.45) is 2.50. The molecule has 1 aromatic rings. The number of hydrogen-bond acceptors (Lipinski definition) is 2. The van der Waals surface area contributed by atoms with Gasteiger partial charge in [0.05, 0.1) is 11.6 Å². The van der Waals surface area contributed by atoms with Gasteiger partial charge in [0.1, 0.15) is 0 Å². The van der Waals surface area contributed by atoms with Crippen molar-refractivity contribution in [3.05, 3.63) is 22.3 Å². The summed E-state index contributed by atoms with van der Waals surface area (Å²) in [4.78, 5) is 25.4. The van der Waals surface area contributed by atoms with Crippen LogP contribution in [0.4, 0.5) is 5.69 Å². The normalized spacial score (nSPS) is 17.0. The first-order valence-corrected chi connectivity index (χ1v) is 9.78. The first-order valence-electron chi connectivity index (χ1n) is 6.55. The van der Waals surface area contributed by atoms with E-state index in [0.717, 1.165) is 34.8 Å². The summed E-state index contributed by atoms with van der Waals surface area (Å²) in [5.41, 5.74) is 1.68. The van der Waals surface area contributed by atoms with E-state index in [9.17, 15) is 14.7 Å². The lowest BCUT2D eigenvalue weighted by atomic mass is 10.00. The summed E-state index contributed by atoms with van der Waals surface area (Å²) in [6, 6.07) is 1.97. The lowest BCUT2D eigenvalue weighted by Gasteiger charge is -2.30. The molecule has 0 radical (unpaired) electrons. The second-order valence-electron chi connectivity index (χ2n) is 4.98. The maximum Gasteiger partial charge on any atom is 0.310 e. The van der Waals surface area contributed by atoms with Gasteiger partial charge in [0.2, 0.25) is 5.91 Å². The van der Waals surface area contributed by atoms with Gasteiger partial charge in [-0.05, 0) is 99.2 Å². The van der Waals surface area contributed by atoms with Gasteiger partial charge in [-0.2, -0.15) is 0 Å². The van der Waals surface area contributed by atoms with Gasteiger partial charge in [0.15, 0.2) is 0 Å². The maximum atomic E-state index is 12.2. The molecule has 1 unspecified atom stereocenters. The number of aliphatic carboxylic acids is 1. The number of carbonyl (C=O) groups excluding carboxylic acids is 1. The Morgan fingerprint density at radius 3 is 2.52 bits per heavy atom. The fourth-order valence-corrected chi connectivity index (χ4v) is 7.29. The van der Waals surface area contributed by atoms with E-state index in [2.05, 4.69) is 67.8 Å². The molecule has 7 heteroatoms. The highest BCUT2D eigenvalue weighted by Crippen LogP contribution is 2.39. The van der Waals surface area contributed by atoms with Crippen molar-refractivity contribution in [1.29, 1.82) is 0 Å². The quantitative estimate of drug-likeness (QED) is 0.513. The number of nitrogens with zero attached hydrogens (tertiary/aromatic N) is 1. The summed E-state index contributed by atoms with van der Waals surface area (Å²) in [5, 5.41) is 9.32. The monoisotopic (exact) mass is 625 g/mol. The van der Waals surface area contributed by atoms with Crippen molar-refractivity contribution >= 4 is 85.3 Å². The molecule has 0 spiro atoms. The van der Waals surface area contributed by atoms with E-state index < -0.39 is 11.9 Å². The zero-order valence-electron chi connectivity index (χ0n) is 11.3. The van der Waals surface area contributed by atoms with Gasteiger partial charge in [-0.15, -0.1) is 0 Å². The SMILES string of the molecule is CC(C(=O)O)c1c(I)cc(I)c(N2CCCCC2=O)c1I. The Labute approximate surface area is 164 Å². The Balaban J connectivity index is 2.58. The Morgan fingerprint density at radius 1 is 1.29 bits per heavy atom. The van der Waals surface area contributed by atoms with Crippen molar-refractivity contribution < 1.29 is 14.7 Å². The molecule has 1 aliphatic heterocycles. The predicted octanol–water partition coefficient (Wildman–Crippen LogP) is 4.21. The van der Waals surface area contributed by atoms with E-state index in [-0.39, 0.29) is 5.91 Å². The molecule has 1 amide bonds.